The summed E-state index contributed by atoms with van der Waals surface area (Å²) in [6.45, 7) is 11.5. The first-order chi connectivity index (χ1) is 19.1. The molecule has 2 aromatic heterocycles. The number of benzene rings is 2. The quantitative estimate of drug-likeness (QED) is 0.170. The molecule has 5 rings (SSSR count). The van der Waals surface area contributed by atoms with Gasteiger partial charge in [-0.3, -0.25) is 0 Å². The maximum atomic E-state index is 12.1. The Bertz CT molecular complexity index is 1570. The van der Waals surface area contributed by atoms with Crippen LogP contribution >= 0.6 is 28.4 Å². The predicted octanol–water partition coefficient (Wildman–Crippen LogP) is 7.81. The number of aryl methyl sites for hydroxylation is 2. The zero-order chi connectivity index (χ0) is 28.4. The maximum Gasteiger partial charge on any atom is 0.440 e. The molecule has 1 saturated heterocycles. The third-order valence-electron chi connectivity index (χ3n) is 6.56. The van der Waals surface area contributed by atoms with Crippen molar-refractivity contribution in [3.63, 3.8) is 0 Å². The van der Waals surface area contributed by atoms with Crippen molar-refractivity contribution in [3.05, 3.63) is 66.0 Å². The molecule has 1 atom stereocenters. The lowest BCUT2D eigenvalue weighted by Gasteiger charge is -2.30. The summed E-state index contributed by atoms with van der Waals surface area (Å²) in [6, 6.07) is 14.9. The second kappa shape index (κ2) is 12.1. The van der Waals surface area contributed by atoms with Crippen molar-refractivity contribution in [1.29, 1.82) is 0 Å². The Kier molecular flexibility index (Phi) is 8.78. The number of fused-ring (bicyclic) bond motifs is 1. The zero-order valence-corrected chi connectivity index (χ0v) is 27.3. The fourth-order valence-corrected chi connectivity index (χ4v) is 7.78. The van der Waals surface area contributed by atoms with Gasteiger partial charge < -0.3 is 19.3 Å². The molecule has 11 heteroatoms. The van der Waals surface area contributed by atoms with Gasteiger partial charge in [-0.15, -0.1) is 0 Å². The molecule has 0 aliphatic carbocycles. The molecule has 0 bridgehead atoms. The van der Waals surface area contributed by atoms with Crippen molar-refractivity contribution >= 4 is 73.4 Å². The van der Waals surface area contributed by atoms with E-state index in [0.717, 1.165) is 52.8 Å². The van der Waals surface area contributed by atoms with Gasteiger partial charge in [0.25, 0.3) is 0 Å². The van der Waals surface area contributed by atoms with E-state index in [-0.39, 0.29) is 10.7 Å². The lowest BCUT2D eigenvalue weighted by Crippen LogP contribution is -2.38. The summed E-state index contributed by atoms with van der Waals surface area (Å²) in [6.07, 6.45) is 4.25. The fourth-order valence-electron chi connectivity index (χ4n) is 4.64. The minimum atomic E-state index is -0.512. The average Bonchev–Trinajstić information content (AvgIpc) is 3.27. The van der Waals surface area contributed by atoms with Gasteiger partial charge in [0.2, 0.25) is 5.95 Å². The van der Waals surface area contributed by atoms with E-state index < -0.39 is 11.7 Å². The number of carbonyl (C=O) groups excluding carboxylic acids is 1. The largest absolute Gasteiger partial charge is 0.442 e. The molecule has 1 aliphatic rings. The van der Waals surface area contributed by atoms with Gasteiger partial charge in [0.05, 0.1) is 11.2 Å². The van der Waals surface area contributed by atoms with Gasteiger partial charge in [0.1, 0.15) is 5.60 Å². The van der Waals surface area contributed by atoms with Crippen LogP contribution in [0.4, 0.5) is 22.1 Å². The normalized spacial score (nSPS) is 14.7. The highest BCUT2D eigenvalue weighted by Crippen LogP contribution is 2.38. The van der Waals surface area contributed by atoms with Gasteiger partial charge in [-0.1, -0.05) is 22.8 Å². The molecule has 8 nitrogen and oxygen atoms in total. The molecule has 0 saturated carbocycles. The van der Waals surface area contributed by atoms with Crippen molar-refractivity contribution in [2.75, 3.05) is 34.8 Å². The summed E-state index contributed by atoms with van der Waals surface area (Å²) < 4.78 is 11.9. The van der Waals surface area contributed by atoms with Crippen molar-refractivity contribution in [2.24, 2.45) is 4.36 Å². The number of nitrogens with one attached hydrogen (secondary N) is 1. The molecule has 2 aromatic carbocycles. The lowest BCUT2D eigenvalue weighted by atomic mass is 10.1. The number of halogens is 1. The first kappa shape index (κ1) is 29.0. The van der Waals surface area contributed by atoms with Crippen LogP contribution in [0.25, 0.3) is 22.2 Å². The van der Waals surface area contributed by atoms with E-state index in [1.807, 2.05) is 27.0 Å². The summed E-state index contributed by atoms with van der Waals surface area (Å²) in [4.78, 5) is 23.9. The number of nitrogens with zero attached hydrogens (tertiary/aromatic N) is 5. The minimum absolute atomic E-state index is 0.286. The van der Waals surface area contributed by atoms with E-state index in [1.165, 1.54) is 16.5 Å². The lowest BCUT2D eigenvalue weighted by molar-refractivity contribution is 0.0608. The molecular weight excluding hydrogens is 654 g/mol. The number of carbonyl (C=O) groups is 1. The van der Waals surface area contributed by atoms with Gasteiger partial charge in [0.15, 0.2) is 0 Å². The first-order valence-corrected chi connectivity index (χ1v) is 18.7. The Morgan fingerprint density at radius 1 is 1.12 bits per heavy atom. The van der Waals surface area contributed by atoms with Crippen molar-refractivity contribution in [3.8, 4) is 11.3 Å². The molecule has 0 radical (unpaired) electrons. The minimum Gasteiger partial charge on any atom is -0.442 e. The topological polar surface area (TPSA) is 84.6 Å². The number of anilines is 3. The van der Waals surface area contributed by atoms with E-state index in [1.54, 1.807) is 0 Å². The summed E-state index contributed by atoms with van der Waals surface area (Å²) in [5.41, 5.74) is 7.16. The van der Waals surface area contributed by atoms with Crippen LogP contribution in [0.5, 0.6) is 0 Å². The number of hydrogen-bond acceptors (Lipinski definition) is 6. The zero-order valence-electron chi connectivity index (χ0n) is 23.4. The molecule has 40 heavy (non-hydrogen) atoms. The van der Waals surface area contributed by atoms with Crippen LogP contribution in [0, 0.1) is 13.8 Å². The van der Waals surface area contributed by atoms with Crippen molar-refractivity contribution in [2.45, 2.75) is 40.2 Å². The summed E-state index contributed by atoms with van der Waals surface area (Å²) >= 11 is 2.42. The van der Waals surface area contributed by atoms with Gasteiger partial charge in [-0.25, -0.2) is 14.8 Å². The van der Waals surface area contributed by atoms with Crippen LogP contribution in [0.15, 0.2) is 59.2 Å². The monoisotopic (exact) mass is 688 g/mol. The van der Waals surface area contributed by atoms with Crippen molar-refractivity contribution in [1.82, 2.24) is 14.3 Å². The van der Waals surface area contributed by atoms with E-state index in [0.29, 0.717) is 12.3 Å². The molecule has 1 amide bonds. The number of ether oxygens (including phenoxy) is 1. The van der Waals surface area contributed by atoms with Crippen LogP contribution in [-0.4, -0.2) is 50.6 Å². The number of aromatic nitrogens is 3. The molecule has 1 aliphatic heterocycles. The van der Waals surface area contributed by atoms with Crippen LogP contribution in [0.3, 0.4) is 0 Å². The molecule has 4 aromatic rings. The Hall–Kier alpha value is -2.56. The summed E-state index contributed by atoms with van der Waals surface area (Å²) in [5.74, 6) is 2.28. The molecular formula is C29H34IN6O2PS. The van der Waals surface area contributed by atoms with E-state index in [4.69, 9.17) is 9.72 Å². The Morgan fingerprint density at radius 2 is 1.85 bits per heavy atom. The van der Waals surface area contributed by atoms with Crippen LogP contribution in [0.2, 0.25) is 0 Å². The third kappa shape index (κ3) is 6.83. The van der Waals surface area contributed by atoms with Gasteiger partial charge in [0, 0.05) is 65.7 Å². The Balaban J connectivity index is 1.27. The molecule has 210 valence electrons. The van der Waals surface area contributed by atoms with Gasteiger partial charge in [-0.2, -0.15) is 4.36 Å². The number of hydrogen-bond donors (Lipinski definition) is 1. The first-order valence-electron chi connectivity index (χ1n) is 13.2. The van der Waals surface area contributed by atoms with Crippen LogP contribution in [-0.2, 0) is 15.4 Å². The Labute approximate surface area is 252 Å². The van der Waals surface area contributed by atoms with Gasteiger partial charge >= 0.3 is 6.09 Å². The standard InChI is InChI=1S/C29H34IN6O2PS/c1-19-6-11-23-24(18-36(39-30)25(23)16-19)26-20(2)17-31-27(33-26)32-21-7-9-22(10-8-21)35-12-14-40(15-13-35)34-28(37)38-29(3,4)5/h6-11,16-18,39H,12-15H2,1-5H3,(H,31,32,33). The highest BCUT2D eigenvalue weighted by Gasteiger charge is 2.20. The molecule has 3 heterocycles. The average molecular weight is 689 g/mol. The van der Waals surface area contributed by atoms with E-state index in [9.17, 15) is 4.79 Å². The second-order valence-corrected chi connectivity index (χ2v) is 14.9. The highest BCUT2D eigenvalue weighted by atomic mass is 127. The van der Waals surface area contributed by atoms with E-state index >= 15 is 0 Å². The summed E-state index contributed by atoms with van der Waals surface area (Å²) in [5, 5.41) is 4.59. The smallest absolute Gasteiger partial charge is 0.440 e. The molecule has 1 fully saturated rings. The summed E-state index contributed by atoms with van der Waals surface area (Å²) in [7, 11) is -0.286. The number of rotatable bonds is 5. The van der Waals surface area contributed by atoms with E-state index in [2.05, 4.69) is 108 Å². The van der Waals surface area contributed by atoms with Crippen LogP contribution in [0.1, 0.15) is 31.9 Å². The maximum absolute atomic E-state index is 12.1. The molecule has 1 unspecified atom stereocenters. The highest BCUT2D eigenvalue weighted by molar-refractivity contribution is 14.2. The Morgan fingerprint density at radius 3 is 2.52 bits per heavy atom. The van der Waals surface area contributed by atoms with Crippen molar-refractivity contribution < 1.29 is 9.53 Å². The number of amides is 1. The van der Waals surface area contributed by atoms with Crippen LogP contribution < -0.4 is 10.2 Å². The predicted molar refractivity (Wildman–Crippen MR) is 178 cm³/mol. The third-order valence-corrected chi connectivity index (χ3v) is 10.4. The SMILES string of the molecule is Cc1ccc2c(-c3nc(Nc4ccc(N5CCS(=NC(=O)OC(C)(C)C)CC5)cc4)ncc3C)cn(PI)c2c1. The second-order valence-electron chi connectivity index (χ2n) is 10.8. The fraction of sp³-hybridized carbons (Fsp3) is 0.345. The van der Waals surface area contributed by atoms with Gasteiger partial charge in [-0.05, 0) is 98.1 Å². The molecule has 0 spiro atoms. The molecule has 1 N–H and O–H groups in total.